The summed E-state index contributed by atoms with van der Waals surface area (Å²) in [5.74, 6) is 0. The predicted octanol–water partition coefficient (Wildman–Crippen LogP) is 0.713. The molecule has 0 aliphatic heterocycles. The molecule has 1 aromatic carbocycles. The lowest BCUT2D eigenvalue weighted by molar-refractivity contribution is 0.147. The third-order valence-corrected chi connectivity index (χ3v) is 2.16. The van der Waals surface area contributed by atoms with Gasteiger partial charge in [0.15, 0.2) is 0 Å². The van der Waals surface area contributed by atoms with Crippen LogP contribution in [0.4, 0.5) is 5.69 Å². The van der Waals surface area contributed by atoms with Crippen LogP contribution in [0.1, 0.15) is 12.5 Å². The zero-order valence-electron chi connectivity index (χ0n) is 8.57. The molecule has 0 amide bonds. The summed E-state index contributed by atoms with van der Waals surface area (Å²) in [6, 6.07) is 8.85. The first-order chi connectivity index (χ1) is 7.13. The predicted molar refractivity (Wildman–Crippen MR) is 57.4 cm³/mol. The maximum Gasteiger partial charge on any atom is 0.0991 e. The Kier molecular flexibility index (Phi) is 3.67. The molecule has 0 fully saturated rings. The lowest BCUT2D eigenvalue weighted by Gasteiger charge is -2.27. The van der Waals surface area contributed by atoms with Gasteiger partial charge in [-0.05, 0) is 31.2 Å². The smallest absolute Gasteiger partial charge is 0.0991 e. The number of anilines is 1. The van der Waals surface area contributed by atoms with E-state index in [0.717, 1.165) is 5.69 Å². The van der Waals surface area contributed by atoms with Gasteiger partial charge in [-0.3, -0.25) is 0 Å². The van der Waals surface area contributed by atoms with Crippen LogP contribution in [0.3, 0.4) is 0 Å². The highest BCUT2D eigenvalue weighted by atomic mass is 16.3. The molecule has 15 heavy (non-hydrogen) atoms. The molecule has 0 aliphatic rings. The molecule has 4 heteroatoms. The van der Waals surface area contributed by atoms with Gasteiger partial charge < -0.3 is 15.5 Å². The van der Waals surface area contributed by atoms with Gasteiger partial charge in [-0.25, -0.2) is 0 Å². The minimum absolute atomic E-state index is 0.163. The summed E-state index contributed by atoms with van der Waals surface area (Å²) in [5.41, 5.74) is 0.601. The Morgan fingerprint density at radius 3 is 2.20 bits per heavy atom. The molecule has 0 atom stereocenters. The van der Waals surface area contributed by atoms with Crippen molar-refractivity contribution in [2.24, 2.45) is 0 Å². The van der Waals surface area contributed by atoms with Crippen LogP contribution >= 0.6 is 0 Å². The summed E-state index contributed by atoms with van der Waals surface area (Å²) < 4.78 is 0. The van der Waals surface area contributed by atoms with E-state index in [4.69, 9.17) is 15.5 Å². The summed E-state index contributed by atoms with van der Waals surface area (Å²) in [4.78, 5) is 0. The number of benzene rings is 1. The Balaban J connectivity index is 2.77. The van der Waals surface area contributed by atoms with Gasteiger partial charge in [0, 0.05) is 5.69 Å². The van der Waals surface area contributed by atoms with E-state index in [0.29, 0.717) is 5.56 Å². The second-order valence-electron chi connectivity index (χ2n) is 3.69. The minimum Gasteiger partial charge on any atom is -0.394 e. The van der Waals surface area contributed by atoms with Gasteiger partial charge in [0.05, 0.1) is 30.4 Å². The molecule has 0 spiro atoms. The molecule has 0 aliphatic carbocycles. The number of nitrogens with one attached hydrogen (secondary N) is 1. The summed E-state index contributed by atoms with van der Waals surface area (Å²) >= 11 is 0. The van der Waals surface area contributed by atoms with Crippen molar-refractivity contribution in [2.45, 2.75) is 12.5 Å². The molecule has 0 aromatic heterocycles. The average molecular weight is 206 g/mol. The van der Waals surface area contributed by atoms with Crippen LogP contribution < -0.4 is 5.32 Å². The minimum atomic E-state index is -0.742. The van der Waals surface area contributed by atoms with Gasteiger partial charge in [0.1, 0.15) is 0 Å². The fourth-order valence-electron chi connectivity index (χ4n) is 1.11. The number of aliphatic hydroxyl groups excluding tert-OH is 2. The second-order valence-corrected chi connectivity index (χ2v) is 3.69. The number of rotatable bonds is 4. The molecule has 4 nitrogen and oxygen atoms in total. The van der Waals surface area contributed by atoms with Gasteiger partial charge >= 0.3 is 0 Å². The van der Waals surface area contributed by atoms with Gasteiger partial charge in [-0.2, -0.15) is 5.26 Å². The molecule has 3 N–H and O–H groups in total. The molecule has 80 valence electrons. The topological polar surface area (TPSA) is 76.3 Å². The monoisotopic (exact) mass is 206 g/mol. The highest BCUT2D eigenvalue weighted by Crippen LogP contribution is 2.15. The molecule has 1 rings (SSSR count). The van der Waals surface area contributed by atoms with Gasteiger partial charge in [0.2, 0.25) is 0 Å². The first-order valence-corrected chi connectivity index (χ1v) is 4.63. The first-order valence-electron chi connectivity index (χ1n) is 4.63. The van der Waals surface area contributed by atoms with Crippen molar-refractivity contribution in [2.75, 3.05) is 18.5 Å². The Morgan fingerprint density at radius 2 is 1.80 bits per heavy atom. The second kappa shape index (κ2) is 4.78. The van der Waals surface area contributed by atoms with E-state index in [2.05, 4.69) is 5.32 Å². The number of nitrogens with zero attached hydrogens (tertiary/aromatic N) is 1. The summed E-state index contributed by atoms with van der Waals surface area (Å²) in [5, 5.41) is 29.7. The third-order valence-electron chi connectivity index (χ3n) is 2.16. The fraction of sp³-hybridized carbons (Fsp3) is 0.364. The van der Waals surface area contributed by atoms with Crippen LogP contribution in [0.5, 0.6) is 0 Å². The van der Waals surface area contributed by atoms with Gasteiger partial charge in [-0.1, -0.05) is 0 Å². The zero-order valence-corrected chi connectivity index (χ0v) is 8.57. The lowest BCUT2D eigenvalue weighted by Crippen LogP contribution is -2.42. The zero-order chi connectivity index (χ0) is 11.3. The van der Waals surface area contributed by atoms with E-state index in [9.17, 15) is 0 Å². The number of aliphatic hydroxyl groups is 2. The van der Waals surface area contributed by atoms with Crippen molar-refractivity contribution < 1.29 is 10.2 Å². The summed E-state index contributed by atoms with van der Waals surface area (Å²) in [7, 11) is 0. The summed E-state index contributed by atoms with van der Waals surface area (Å²) in [6.07, 6.45) is 0. The molecule has 0 unspecified atom stereocenters. The molecule has 1 aromatic rings. The molecular weight excluding hydrogens is 192 g/mol. The van der Waals surface area contributed by atoms with Crippen LogP contribution in [-0.2, 0) is 0 Å². The van der Waals surface area contributed by atoms with Crippen LogP contribution in [0.25, 0.3) is 0 Å². The van der Waals surface area contributed by atoms with Crippen molar-refractivity contribution >= 4 is 5.69 Å². The largest absolute Gasteiger partial charge is 0.394 e. The van der Waals surface area contributed by atoms with Crippen molar-refractivity contribution in [3.63, 3.8) is 0 Å². The van der Waals surface area contributed by atoms with Crippen molar-refractivity contribution in [1.29, 1.82) is 5.26 Å². The molecule has 0 heterocycles. The van der Waals surface area contributed by atoms with E-state index in [1.165, 1.54) is 0 Å². The Labute approximate surface area is 88.8 Å². The van der Waals surface area contributed by atoms with Crippen molar-refractivity contribution in [3.8, 4) is 6.07 Å². The fourth-order valence-corrected chi connectivity index (χ4v) is 1.11. The maximum atomic E-state index is 9.07. The molecular formula is C11H14N2O2. The summed E-state index contributed by atoms with van der Waals surface area (Å²) in [6.45, 7) is 1.39. The van der Waals surface area contributed by atoms with E-state index in [-0.39, 0.29) is 13.2 Å². The van der Waals surface area contributed by atoms with Crippen LogP contribution in [0.2, 0.25) is 0 Å². The SMILES string of the molecule is CC(CO)(CO)Nc1ccc(C#N)cc1. The van der Waals surface area contributed by atoms with Crippen LogP contribution in [0.15, 0.2) is 24.3 Å². The number of hydrogen-bond acceptors (Lipinski definition) is 4. The Bertz CT molecular complexity index is 350. The van der Waals surface area contributed by atoms with Gasteiger partial charge in [0.25, 0.3) is 0 Å². The number of nitriles is 1. The van der Waals surface area contributed by atoms with Crippen LogP contribution in [-0.4, -0.2) is 29.0 Å². The molecule has 0 bridgehead atoms. The maximum absolute atomic E-state index is 9.07. The molecule has 0 saturated carbocycles. The van der Waals surface area contributed by atoms with E-state index < -0.39 is 5.54 Å². The quantitative estimate of drug-likeness (QED) is 0.678. The highest BCUT2D eigenvalue weighted by molar-refractivity contribution is 5.48. The van der Waals surface area contributed by atoms with Crippen molar-refractivity contribution in [3.05, 3.63) is 29.8 Å². The highest BCUT2D eigenvalue weighted by Gasteiger charge is 2.21. The van der Waals surface area contributed by atoms with E-state index >= 15 is 0 Å². The Morgan fingerprint density at radius 1 is 1.27 bits per heavy atom. The van der Waals surface area contributed by atoms with E-state index in [1.54, 1.807) is 31.2 Å². The van der Waals surface area contributed by atoms with E-state index in [1.807, 2.05) is 6.07 Å². The average Bonchev–Trinajstić information content (AvgIpc) is 2.30. The van der Waals surface area contributed by atoms with Gasteiger partial charge in [-0.15, -0.1) is 0 Å². The first kappa shape index (κ1) is 11.5. The lowest BCUT2D eigenvalue weighted by atomic mass is 10.0. The molecule has 0 saturated heterocycles. The number of hydrogen-bond donors (Lipinski definition) is 3. The standard InChI is InChI=1S/C11H14N2O2/c1-11(7-14,8-15)13-10-4-2-9(6-12)3-5-10/h2-5,13-15H,7-8H2,1H3. The normalized spacial score (nSPS) is 10.8. The van der Waals surface area contributed by atoms with Crippen molar-refractivity contribution in [1.82, 2.24) is 0 Å². The van der Waals surface area contributed by atoms with Crippen LogP contribution in [0, 0.1) is 11.3 Å². The third kappa shape index (κ3) is 2.94. The molecule has 0 radical (unpaired) electrons. The Hall–Kier alpha value is -1.57.